The molecular formula is C18H18ClF3N6O2. The van der Waals surface area contributed by atoms with Crippen LogP contribution in [0.1, 0.15) is 23.7 Å². The van der Waals surface area contributed by atoms with Gasteiger partial charge in [-0.1, -0.05) is 18.5 Å². The fourth-order valence-electron chi connectivity index (χ4n) is 2.90. The third kappa shape index (κ3) is 4.11. The van der Waals surface area contributed by atoms with E-state index in [1.807, 2.05) is 6.92 Å². The predicted octanol–water partition coefficient (Wildman–Crippen LogP) is 3.22. The van der Waals surface area contributed by atoms with Gasteiger partial charge in [0.2, 0.25) is 5.88 Å². The number of rotatable bonds is 6. The fraction of sp³-hybridized carbons (Fsp3) is 0.333. The second-order valence-electron chi connectivity index (χ2n) is 6.26. The number of alkyl halides is 3. The predicted molar refractivity (Wildman–Crippen MR) is 104 cm³/mol. The van der Waals surface area contributed by atoms with E-state index in [1.165, 1.54) is 13.3 Å². The van der Waals surface area contributed by atoms with E-state index in [4.69, 9.17) is 16.3 Å². The molecular weight excluding hydrogens is 425 g/mol. The zero-order valence-electron chi connectivity index (χ0n) is 16.3. The van der Waals surface area contributed by atoms with Crippen LogP contribution in [0.3, 0.4) is 0 Å². The third-order valence-corrected chi connectivity index (χ3v) is 4.73. The lowest BCUT2D eigenvalue weighted by molar-refractivity contribution is -0.137. The molecule has 0 saturated carbocycles. The molecule has 0 atom stereocenters. The van der Waals surface area contributed by atoms with Crippen molar-refractivity contribution in [2.24, 2.45) is 7.05 Å². The molecule has 3 rings (SSSR count). The van der Waals surface area contributed by atoms with Crippen molar-refractivity contribution in [2.45, 2.75) is 26.1 Å². The SMILES string of the molecule is CCc1nn(C)c(OC)c1CNc1cnn(-c2ccc(C(F)(F)F)cn2)c(=O)c1Cl. The van der Waals surface area contributed by atoms with Gasteiger partial charge in [-0.05, 0) is 18.6 Å². The van der Waals surface area contributed by atoms with E-state index in [9.17, 15) is 18.0 Å². The molecule has 0 saturated heterocycles. The van der Waals surface area contributed by atoms with Gasteiger partial charge < -0.3 is 10.1 Å². The molecule has 0 fully saturated rings. The van der Waals surface area contributed by atoms with Crippen LogP contribution in [-0.4, -0.2) is 31.7 Å². The highest BCUT2D eigenvalue weighted by Gasteiger charge is 2.30. The number of nitrogens with zero attached hydrogens (tertiary/aromatic N) is 5. The van der Waals surface area contributed by atoms with E-state index in [0.29, 0.717) is 18.5 Å². The zero-order chi connectivity index (χ0) is 22.1. The van der Waals surface area contributed by atoms with Crippen LogP contribution in [0, 0.1) is 0 Å². The summed E-state index contributed by atoms with van der Waals surface area (Å²) in [5.74, 6) is 0.495. The van der Waals surface area contributed by atoms with Gasteiger partial charge in [-0.2, -0.15) is 28.1 Å². The van der Waals surface area contributed by atoms with Crippen LogP contribution in [0.25, 0.3) is 5.82 Å². The number of anilines is 1. The summed E-state index contributed by atoms with van der Waals surface area (Å²) in [7, 11) is 3.29. The largest absolute Gasteiger partial charge is 0.481 e. The van der Waals surface area contributed by atoms with Crippen molar-refractivity contribution in [1.29, 1.82) is 0 Å². The number of methoxy groups -OCH3 is 1. The lowest BCUT2D eigenvalue weighted by atomic mass is 10.2. The van der Waals surface area contributed by atoms with E-state index in [1.54, 1.807) is 11.7 Å². The second-order valence-corrected chi connectivity index (χ2v) is 6.64. The third-order valence-electron chi connectivity index (χ3n) is 4.37. The quantitative estimate of drug-likeness (QED) is 0.630. The Labute approximate surface area is 174 Å². The minimum atomic E-state index is -4.53. The Balaban J connectivity index is 1.87. The Bertz CT molecular complexity index is 1110. The molecule has 0 aliphatic heterocycles. The van der Waals surface area contributed by atoms with Crippen molar-refractivity contribution in [3.05, 3.63) is 56.7 Å². The molecule has 160 valence electrons. The molecule has 3 aromatic heterocycles. The number of ether oxygens (including phenoxy) is 1. The van der Waals surface area contributed by atoms with Gasteiger partial charge in [0.25, 0.3) is 5.56 Å². The van der Waals surface area contributed by atoms with Crippen LogP contribution in [0.5, 0.6) is 5.88 Å². The Morgan fingerprint density at radius 1 is 1.27 bits per heavy atom. The average Bonchev–Trinajstić information content (AvgIpc) is 3.03. The lowest BCUT2D eigenvalue weighted by Crippen LogP contribution is -2.23. The smallest absolute Gasteiger partial charge is 0.417 e. The molecule has 12 heteroatoms. The van der Waals surface area contributed by atoms with Crippen LogP contribution in [0.15, 0.2) is 29.3 Å². The highest BCUT2D eigenvalue weighted by atomic mass is 35.5. The number of aryl methyl sites for hydroxylation is 2. The summed E-state index contributed by atoms with van der Waals surface area (Å²) in [6, 6.07) is 1.87. The lowest BCUT2D eigenvalue weighted by Gasteiger charge is -2.11. The fourth-order valence-corrected chi connectivity index (χ4v) is 3.10. The van der Waals surface area contributed by atoms with E-state index in [2.05, 4.69) is 20.5 Å². The molecule has 30 heavy (non-hydrogen) atoms. The Hall–Kier alpha value is -3.08. The van der Waals surface area contributed by atoms with E-state index in [-0.39, 0.29) is 23.1 Å². The Morgan fingerprint density at radius 3 is 2.57 bits per heavy atom. The first kappa shape index (κ1) is 21.6. The number of hydrogen-bond donors (Lipinski definition) is 1. The summed E-state index contributed by atoms with van der Waals surface area (Å²) in [4.78, 5) is 16.2. The van der Waals surface area contributed by atoms with Crippen molar-refractivity contribution in [2.75, 3.05) is 12.4 Å². The van der Waals surface area contributed by atoms with Crippen LogP contribution in [-0.2, 0) is 26.2 Å². The maximum Gasteiger partial charge on any atom is 0.417 e. The van der Waals surface area contributed by atoms with Crippen molar-refractivity contribution in [1.82, 2.24) is 24.5 Å². The number of halogens is 4. The highest BCUT2D eigenvalue weighted by Crippen LogP contribution is 2.29. The minimum Gasteiger partial charge on any atom is -0.481 e. The van der Waals surface area contributed by atoms with Crippen molar-refractivity contribution in [3.8, 4) is 11.7 Å². The molecule has 0 bridgehead atoms. The van der Waals surface area contributed by atoms with Gasteiger partial charge in [0.15, 0.2) is 5.82 Å². The van der Waals surface area contributed by atoms with E-state index < -0.39 is 17.3 Å². The molecule has 3 heterocycles. The first-order valence-corrected chi connectivity index (χ1v) is 9.19. The number of pyridine rings is 1. The van der Waals surface area contributed by atoms with Gasteiger partial charge >= 0.3 is 6.18 Å². The first-order valence-electron chi connectivity index (χ1n) is 8.81. The van der Waals surface area contributed by atoms with Crippen LogP contribution in [0.2, 0.25) is 5.02 Å². The first-order chi connectivity index (χ1) is 14.2. The molecule has 0 aromatic carbocycles. The minimum absolute atomic E-state index is 0.0800. The Kier molecular flexibility index (Phi) is 6.01. The molecule has 0 unspecified atom stereocenters. The molecule has 8 nitrogen and oxygen atoms in total. The summed E-state index contributed by atoms with van der Waals surface area (Å²) in [6.07, 6.45) is -1.91. The molecule has 0 aliphatic rings. The van der Waals surface area contributed by atoms with Gasteiger partial charge in [0, 0.05) is 19.8 Å². The normalized spacial score (nSPS) is 11.6. The van der Waals surface area contributed by atoms with Crippen molar-refractivity contribution >= 4 is 17.3 Å². The Morgan fingerprint density at radius 2 is 2.00 bits per heavy atom. The van der Waals surface area contributed by atoms with Gasteiger partial charge in [-0.25, -0.2) is 9.67 Å². The van der Waals surface area contributed by atoms with Crippen molar-refractivity contribution < 1.29 is 17.9 Å². The van der Waals surface area contributed by atoms with E-state index >= 15 is 0 Å². The molecule has 0 radical (unpaired) electrons. The van der Waals surface area contributed by atoms with Crippen LogP contribution >= 0.6 is 11.6 Å². The summed E-state index contributed by atoms with van der Waals surface area (Å²) < 4.78 is 45.9. The van der Waals surface area contributed by atoms with Crippen LogP contribution < -0.4 is 15.6 Å². The monoisotopic (exact) mass is 442 g/mol. The van der Waals surface area contributed by atoms with Gasteiger partial charge in [-0.3, -0.25) is 4.79 Å². The summed E-state index contributed by atoms with van der Waals surface area (Å²) >= 11 is 6.18. The summed E-state index contributed by atoms with van der Waals surface area (Å²) in [5.41, 5.74) is 0.252. The van der Waals surface area contributed by atoms with E-state index in [0.717, 1.165) is 28.1 Å². The molecule has 0 amide bonds. The molecule has 0 aliphatic carbocycles. The topological polar surface area (TPSA) is 86.9 Å². The van der Waals surface area contributed by atoms with Gasteiger partial charge in [-0.15, -0.1) is 0 Å². The number of nitrogens with one attached hydrogen (secondary N) is 1. The molecule has 3 aromatic rings. The van der Waals surface area contributed by atoms with Crippen molar-refractivity contribution in [3.63, 3.8) is 0 Å². The van der Waals surface area contributed by atoms with Gasteiger partial charge in [0.1, 0.15) is 5.02 Å². The highest BCUT2D eigenvalue weighted by molar-refractivity contribution is 6.32. The number of aromatic nitrogens is 5. The molecule has 0 spiro atoms. The summed E-state index contributed by atoms with van der Waals surface area (Å²) in [6.45, 7) is 2.24. The van der Waals surface area contributed by atoms with Crippen LogP contribution in [0.4, 0.5) is 18.9 Å². The molecule has 1 N–H and O–H groups in total. The average molecular weight is 443 g/mol. The summed E-state index contributed by atoms with van der Waals surface area (Å²) in [5, 5.41) is 11.2. The van der Waals surface area contributed by atoms with Gasteiger partial charge in [0.05, 0.1) is 35.8 Å². The maximum atomic E-state index is 12.7. The standard InChI is InChI=1S/C18H18ClF3N6O2/c1-4-12-11(17(30-3)27(2)26-12)8-23-13-9-25-28(16(29)15(13)19)14-6-5-10(7-24-14)18(20,21)22/h5-7,9,23H,4,8H2,1-3H3. The zero-order valence-corrected chi connectivity index (χ0v) is 17.0. The second kappa shape index (κ2) is 8.34. The maximum absolute atomic E-state index is 12.7. The number of hydrogen-bond acceptors (Lipinski definition) is 6.